The van der Waals surface area contributed by atoms with Gasteiger partial charge < -0.3 is 9.64 Å². The van der Waals surface area contributed by atoms with Crippen molar-refractivity contribution in [1.82, 2.24) is 14.3 Å². The van der Waals surface area contributed by atoms with Crippen LogP contribution in [0.15, 0.2) is 47.6 Å². The van der Waals surface area contributed by atoms with Crippen LogP contribution in [0, 0.1) is 0 Å². The van der Waals surface area contributed by atoms with Gasteiger partial charge in [-0.1, -0.05) is 12.1 Å². The summed E-state index contributed by atoms with van der Waals surface area (Å²) in [5, 5.41) is 0.148. The molecule has 0 saturated carbocycles. The van der Waals surface area contributed by atoms with Gasteiger partial charge in [0, 0.05) is 29.1 Å². The summed E-state index contributed by atoms with van der Waals surface area (Å²) >= 11 is 0.923. The average Bonchev–Trinajstić information content (AvgIpc) is 3.34. The summed E-state index contributed by atoms with van der Waals surface area (Å²) in [5.74, 6) is 0.160. The molecular weight excluding hydrogens is 537 g/mol. The van der Waals surface area contributed by atoms with E-state index in [0.29, 0.717) is 12.2 Å². The van der Waals surface area contributed by atoms with Crippen molar-refractivity contribution in [2.24, 2.45) is 0 Å². The molecule has 0 aliphatic carbocycles. The number of rotatable bonds is 5. The molecule has 2 aliphatic heterocycles. The minimum absolute atomic E-state index is 0.00543. The van der Waals surface area contributed by atoms with Gasteiger partial charge in [-0.3, -0.25) is 4.72 Å². The number of piperidine rings is 1. The second-order valence-corrected chi connectivity index (χ2v) is 13.1. The van der Waals surface area contributed by atoms with E-state index in [1.165, 1.54) is 24.5 Å². The molecule has 1 atom stereocenters. The highest BCUT2D eigenvalue weighted by molar-refractivity contribution is 7.93. The Kier molecular flexibility index (Phi) is 6.93. The number of halogens is 3. The number of nitrogens with zero attached hydrogens (tertiary/aromatic N) is 3. The number of likely N-dealkylation sites (tertiary alicyclic amines) is 1. The summed E-state index contributed by atoms with van der Waals surface area (Å²) < 4.78 is 79.6. The van der Waals surface area contributed by atoms with E-state index in [1.807, 2.05) is 20.9 Å². The largest absolute Gasteiger partial charge is 0.487 e. The van der Waals surface area contributed by atoms with E-state index in [4.69, 9.17) is 4.74 Å². The number of alkyl halides is 3. The van der Waals surface area contributed by atoms with Crippen LogP contribution in [-0.2, 0) is 16.2 Å². The third-order valence-corrected chi connectivity index (χ3v) is 9.33. The van der Waals surface area contributed by atoms with Crippen LogP contribution >= 0.6 is 11.5 Å². The van der Waals surface area contributed by atoms with Crippen molar-refractivity contribution in [3.05, 3.63) is 65.0 Å². The van der Waals surface area contributed by atoms with Crippen LogP contribution in [-0.4, -0.2) is 48.4 Å². The lowest BCUT2D eigenvalue weighted by Crippen LogP contribution is -2.36. The Hall–Kier alpha value is -2.70. The van der Waals surface area contributed by atoms with E-state index < -0.39 is 27.4 Å². The van der Waals surface area contributed by atoms with Crippen LogP contribution in [0.25, 0.3) is 0 Å². The highest BCUT2D eigenvalue weighted by Gasteiger charge is 2.39. The van der Waals surface area contributed by atoms with Crippen LogP contribution in [0.4, 0.5) is 18.3 Å². The molecule has 0 bridgehead atoms. The minimum Gasteiger partial charge on any atom is -0.487 e. The molecule has 1 N–H and O–H groups in total. The molecule has 1 aromatic heterocycles. The van der Waals surface area contributed by atoms with Gasteiger partial charge in [0.05, 0.1) is 10.5 Å². The first-order valence-corrected chi connectivity index (χ1v) is 14.6. The van der Waals surface area contributed by atoms with Crippen molar-refractivity contribution in [2.75, 3.05) is 24.9 Å². The van der Waals surface area contributed by atoms with Crippen molar-refractivity contribution in [2.45, 2.75) is 61.6 Å². The van der Waals surface area contributed by atoms with Crippen LogP contribution in [0.1, 0.15) is 67.2 Å². The highest BCUT2D eigenvalue weighted by atomic mass is 32.2. The number of hydrogen-bond acceptors (Lipinski definition) is 7. The smallest absolute Gasteiger partial charge is 0.416 e. The Bertz CT molecular complexity index is 1420. The predicted molar refractivity (Wildman–Crippen MR) is 139 cm³/mol. The zero-order valence-corrected chi connectivity index (χ0v) is 22.9. The number of anilines is 1. The zero-order chi connectivity index (χ0) is 27.3. The monoisotopic (exact) mass is 566 g/mol. The molecule has 2 aliphatic rings. The SMILES string of the molecule is CN1CCC(c2cc(C(F)(F)F)ccc2C2CC(C)(C)Oc3cc(S(=O)(=O)Nc4ncns4)ccc32)CC1. The second-order valence-electron chi connectivity index (χ2n) is 10.6. The summed E-state index contributed by atoms with van der Waals surface area (Å²) in [6.45, 7) is 5.45. The molecule has 3 heterocycles. The molecule has 7 nitrogen and oxygen atoms in total. The molecule has 1 unspecified atom stereocenters. The lowest BCUT2D eigenvalue weighted by Gasteiger charge is -2.40. The molecule has 3 aromatic rings. The summed E-state index contributed by atoms with van der Waals surface area (Å²) in [6.07, 6.45) is -1.08. The quantitative estimate of drug-likeness (QED) is 0.417. The lowest BCUT2D eigenvalue weighted by atomic mass is 9.75. The molecule has 2 aromatic carbocycles. The number of ether oxygens (including phenoxy) is 1. The first kappa shape index (κ1) is 26.9. The standard InChI is InChI=1S/C26H29F3N4O3S2/c1-25(2)14-22(19-6-4-17(26(27,28)29)12-21(19)16-8-10-33(3)11-9-16)20-7-5-18(13-23(20)36-25)38(34,35)32-24-30-15-31-37-24/h4-7,12-13,15-16,22H,8-11,14H2,1-3H3,(H,30,31,32). The molecule has 1 saturated heterocycles. The normalized spacial score (nSPS) is 20.5. The van der Waals surface area contributed by atoms with E-state index in [9.17, 15) is 21.6 Å². The van der Waals surface area contributed by atoms with Gasteiger partial charge in [0.2, 0.25) is 5.13 Å². The van der Waals surface area contributed by atoms with E-state index in [2.05, 4.69) is 19.0 Å². The summed E-state index contributed by atoms with van der Waals surface area (Å²) in [6, 6.07) is 8.76. The van der Waals surface area contributed by atoms with E-state index in [-0.39, 0.29) is 21.9 Å². The molecule has 1 fully saturated rings. The number of benzene rings is 2. The minimum atomic E-state index is -4.44. The Morgan fingerprint density at radius 1 is 1.08 bits per heavy atom. The molecule has 0 spiro atoms. The predicted octanol–water partition coefficient (Wildman–Crippen LogP) is 5.86. The van der Waals surface area contributed by atoms with E-state index in [1.54, 1.807) is 12.1 Å². The van der Waals surface area contributed by atoms with Gasteiger partial charge in [0.15, 0.2) is 0 Å². The third-order valence-electron chi connectivity index (χ3n) is 7.28. The van der Waals surface area contributed by atoms with E-state index >= 15 is 0 Å². The first-order chi connectivity index (χ1) is 17.8. The zero-order valence-electron chi connectivity index (χ0n) is 21.2. The molecule has 0 radical (unpaired) electrons. The van der Waals surface area contributed by atoms with Gasteiger partial charge in [-0.25, -0.2) is 13.4 Å². The Morgan fingerprint density at radius 2 is 1.79 bits per heavy atom. The number of hydrogen-bond donors (Lipinski definition) is 1. The summed E-state index contributed by atoms with van der Waals surface area (Å²) in [4.78, 5) is 6.07. The third kappa shape index (κ3) is 5.52. The number of nitrogens with one attached hydrogen (secondary N) is 1. The fourth-order valence-corrected chi connectivity index (χ4v) is 7.09. The van der Waals surface area contributed by atoms with Gasteiger partial charge >= 0.3 is 6.18 Å². The molecule has 5 rings (SSSR count). The lowest BCUT2D eigenvalue weighted by molar-refractivity contribution is -0.137. The van der Waals surface area contributed by atoms with Crippen LogP contribution < -0.4 is 9.46 Å². The molecule has 38 heavy (non-hydrogen) atoms. The topological polar surface area (TPSA) is 84.4 Å². The number of aromatic nitrogens is 2. The van der Waals surface area contributed by atoms with Gasteiger partial charge in [-0.2, -0.15) is 17.5 Å². The first-order valence-electron chi connectivity index (χ1n) is 12.3. The fourth-order valence-electron chi connectivity index (χ4n) is 5.41. The Balaban J connectivity index is 1.58. The Morgan fingerprint density at radius 3 is 2.45 bits per heavy atom. The summed E-state index contributed by atoms with van der Waals surface area (Å²) in [5.41, 5.74) is 1.00. The van der Waals surface area contributed by atoms with Crippen molar-refractivity contribution < 1.29 is 26.3 Å². The summed E-state index contributed by atoms with van der Waals surface area (Å²) in [7, 11) is -1.92. The maximum Gasteiger partial charge on any atom is 0.416 e. The number of sulfonamides is 1. The average molecular weight is 567 g/mol. The number of fused-ring (bicyclic) bond motifs is 1. The van der Waals surface area contributed by atoms with Crippen LogP contribution in [0.2, 0.25) is 0 Å². The fraction of sp³-hybridized carbons (Fsp3) is 0.462. The van der Waals surface area contributed by atoms with Crippen molar-refractivity contribution in [1.29, 1.82) is 0 Å². The maximum absolute atomic E-state index is 13.7. The second kappa shape index (κ2) is 9.80. The van der Waals surface area contributed by atoms with Gasteiger partial charge in [0.1, 0.15) is 17.7 Å². The van der Waals surface area contributed by atoms with E-state index in [0.717, 1.165) is 60.2 Å². The van der Waals surface area contributed by atoms with Gasteiger partial charge in [-0.15, -0.1) is 0 Å². The van der Waals surface area contributed by atoms with Crippen molar-refractivity contribution >= 4 is 26.7 Å². The highest BCUT2D eigenvalue weighted by Crippen LogP contribution is 2.48. The van der Waals surface area contributed by atoms with Crippen molar-refractivity contribution in [3.63, 3.8) is 0 Å². The van der Waals surface area contributed by atoms with Crippen molar-refractivity contribution in [3.8, 4) is 5.75 Å². The molecule has 204 valence electrons. The Labute approximate surface area is 224 Å². The maximum atomic E-state index is 13.7. The van der Waals surface area contributed by atoms with Crippen LogP contribution in [0.3, 0.4) is 0 Å². The molecule has 12 heteroatoms. The van der Waals surface area contributed by atoms with Gasteiger partial charge in [-0.05, 0) is 88.5 Å². The molecule has 0 amide bonds. The molecular formula is C26H29F3N4O3S2. The van der Waals surface area contributed by atoms with Gasteiger partial charge in [0.25, 0.3) is 10.0 Å². The van der Waals surface area contributed by atoms with Crippen LogP contribution in [0.5, 0.6) is 5.75 Å².